The fourth-order valence-electron chi connectivity index (χ4n) is 5.84. The van der Waals surface area contributed by atoms with Crippen LogP contribution < -0.4 is 0 Å². The van der Waals surface area contributed by atoms with E-state index in [1.165, 1.54) is 9.80 Å². The zero-order valence-corrected chi connectivity index (χ0v) is 26.9. The molecule has 248 valence electrons. The molecule has 10 heteroatoms. The number of nitrogens with zero attached hydrogens (tertiary/aromatic N) is 2. The van der Waals surface area contributed by atoms with Crippen LogP contribution in [0.15, 0.2) is 72.8 Å². The molecular formula is C36H46N2O8. The van der Waals surface area contributed by atoms with Crippen molar-refractivity contribution in [3.05, 3.63) is 83.9 Å². The molecule has 2 fully saturated rings. The summed E-state index contributed by atoms with van der Waals surface area (Å²) in [6, 6.07) is 17.3. The topological polar surface area (TPSA) is 112 Å². The number of amides is 2. The van der Waals surface area contributed by atoms with Crippen molar-refractivity contribution >= 4 is 24.1 Å². The third-order valence-electron chi connectivity index (χ3n) is 8.64. The Morgan fingerprint density at radius 2 is 0.957 bits per heavy atom. The number of hydrogen-bond acceptors (Lipinski definition) is 8. The summed E-state index contributed by atoms with van der Waals surface area (Å²) in [5.41, 5.74) is 1.56. The van der Waals surface area contributed by atoms with E-state index in [9.17, 15) is 19.2 Å². The standard InChI is InChI=1S/C36H46N2O8/c1-37(35(41)45-29-19-11-5-12-20-29)31(27-15-7-3-8-16-27)25-43-33(39)23-24-34(40)44-26-32(28-17-9-4-10-18-28)38(2)36(42)46-30-21-13-6-14-22-30/h3-4,7-10,15-18,23-24,29-32H,5-6,11-14,19-22,25-26H2,1-2H3/b24-23+/t31-,32-/m0/s1. The molecule has 0 saturated heterocycles. The normalized spacial score (nSPS) is 17.0. The Kier molecular flexibility index (Phi) is 13.5. The van der Waals surface area contributed by atoms with Gasteiger partial charge in [-0.25, -0.2) is 19.2 Å². The van der Waals surface area contributed by atoms with Crippen molar-refractivity contribution in [2.75, 3.05) is 27.3 Å². The molecule has 0 aliphatic heterocycles. The van der Waals surface area contributed by atoms with Gasteiger partial charge in [-0.2, -0.15) is 0 Å². The molecule has 0 spiro atoms. The summed E-state index contributed by atoms with van der Waals surface area (Å²) in [5, 5.41) is 0. The number of benzene rings is 2. The predicted octanol–water partition coefficient (Wildman–Crippen LogP) is 6.91. The maximum Gasteiger partial charge on any atom is 0.410 e. The molecule has 4 rings (SSSR count). The third-order valence-corrected chi connectivity index (χ3v) is 8.64. The summed E-state index contributed by atoms with van der Waals surface area (Å²) in [6.07, 6.45) is 10.6. The lowest BCUT2D eigenvalue weighted by atomic mass is 9.98. The SMILES string of the molecule is CN(C(=O)OC1CCCCC1)[C@@H](COC(=O)/C=C/C(=O)OC[C@@H](c1ccccc1)N(C)C(=O)OC1CCCCC1)c1ccccc1. The van der Waals surface area contributed by atoms with Crippen LogP contribution in [0.25, 0.3) is 0 Å². The van der Waals surface area contributed by atoms with Crippen molar-refractivity contribution in [2.45, 2.75) is 88.5 Å². The number of carbonyl (C=O) groups is 4. The maximum absolute atomic E-state index is 13.0. The summed E-state index contributed by atoms with van der Waals surface area (Å²) in [7, 11) is 3.24. The number of carbonyl (C=O) groups excluding carboxylic acids is 4. The Bertz CT molecular complexity index is 1190. The smallest absolute Gasteiger partial charge is 0.410 e. The average molecular weight is 635 g/mol. The number of ether oxygens (including phenoxy) is 4. The summed E-state index contributed by atoms with van der Waals surface area (Å²) >= 11 is 0. The number of likely N-dealkylation sites (N-methyl/N-ethyl adjacent to an activating group) is 2. The van der Waals surface area contributed by atoms with E-state index in [1.54, 1.807) is 14.1 Å². The second-order valence-corrected chi connectivity index (χ2v) is 12.0. The van der Waals surface area contributed by atoms with Crippen LogP contribution in [-0.4, -0.2) is 73.4 Å². The lowest BCUT2D eigenvalue weighted by Crippen LogP contribution is -2.37. The van der Waals surface area contributed by atoms with Crippen LogP contribution in [0.3, 0.4) is 0 Å². The van der Waals surface area contributed by atoms with Crippen LogP contribution >= 0.6 is 0 Å². The molecule has 46 heavy (non-hydrogen) atoms. The number of rotatable bonds is 12. The van der Waals surface area contributed by atoms with Gasteiger partial charge in [0.2, 0.25) is 0 Å². The third kappa shape index (κ3) is 10.6. The van der Waals surface area contributed by atoms with Crippen molar-refractivity contribution in [2.24, 2.45) is 0 Å². The van der Waals surface area contributed by atoms with Crippen molar-refractivity contribution < 1.29 is 38.1 Å². The fraction of sp³-hybridized carbons (Fsp3) is 0.500. The van der Waals surface area contributed by atoms with Gasteiger partial charge in [-0.3, -0.25) is 0 Å². The minimum Gasteiger partial charge on any atom is -0.460 e. The molecule has 2 atom stereocenters. The molecule has 2 aromatic carbocycles. The van der Waals surface area contributed by atoms with Gasteiger partial charge in [0.1, 0.15) is 25.4 Å². The minimum atomic E-state index is -0.764. The van der Waals surface area contributed by atoms with E-state index in [4.69, 9.17) is 18.9 Å². The minimum absolute atomic E-state index is 0.111. The summed E-state index contributed by atoms with van der Waals surface area (Å²) in [4.78, 5) is 54.0. The van der Waals surface area contributed by atoms with Crippen LogP contribution in [0.4, 0.5) is 9.59 Å². The molecule has 10 nitrogen and oxygen atoms in total. The number of hydrogen-bond donors (Lipinski definition) is 0. The van der Waals surface area contributed by atoms with Gasteiger partial charge in [0, 0.05) is 26.2 Å². The van der Waals surface area contributed by atoms with Crippen LogP contribution in [0, 0.1) is 0 Å². The van der Waals surface area contributed by atoms with Gasteiger partial charge in [0.25, 0.3) is 0 Å². The summed E-state index contributed by atoms with van der Waals surface area (Å²) in [5.74, 6) is -1.53. The zero-order chi connectivity index (χ0) is 32.7. The van der Waals surface area contributed by atoms with Crippen LogP contribution in [0.5, 0.6) is 0 Å². The summed E-state index contributed by atoms with van der Waals surface area (Å²) < 4.78 is 22.4. The molecule has 2 aliphatic carbocycles. The second-order valence-electron chi connectivity index (χ2n) is 12.0. The first-order valence-corrected chi connectivity index (χ1v) is 16.3. The Hall–Kier alpha value is -4.34. The highest BCUT2D eigenvalue weighted by Gasteiger charge is 2.29. The predicted molar refractivity (Wildman–Crippen MR) is 172 cm³/mol. The average Bonchev–Trinajstić information content (AvgIpc) is 3.09. The Balaban J connectivity index is 1.31. The lowest BCUT2D eigenvalue weighted by Gasteiger charge is -2.30. The van der Waals surface area contributed by atoms with E-state index in [2.05, 4.69) is 0 Å². The van der Waals surface area contributed by atoms with Crippen molar-refractivity contribution in [1.29, 1.82) is 0 Å². The first kappa shape index (κ1) is 34.5. The van der Waals surface area contributed by atoms with Crippen LogP contribution in [0.2, 0.25) is 0 Å². The zero-order valence-electron chi connectivity index (χ0n) is 26.9. The van der Waals surface area contributed by atoms with Crippen LogP contribution in [-0.2, 0) is 28.5 Å². The van der Waals surface area contributed by atoms with E-state index < -0.39 is 36.2 Å². The molecule has 0 heterocycles. The van der Waals surface area contributed by atoms with Crippen molar-refractivity contribution in [1.82, 2.24) is 9.80 Å². The van der Waals surface area contributed by atoms with Gasteiger partial charge in [-0.1, -0.05) is 73.5 Å². The quantitative estimate of drug-likeness (QED) is 0.141. The Labute approximate surface area is 271 Å². The van der Waals surface area contributed by atoms with E-state index in [0.717, 1.165) is 87.5 Å². The molecule has 0 radical (unpaired) electrons. The number of esters is 2. The Morgan fingerprint density at radius 3 is 1.30 bits per heavy atom. The molecule has 2 amide bonds. The fourth-order valence-corrected chi connectivity index (χ4v) is 5.84. The highest BCUT2D eigenvalue weighted by Crippen LogP contribution is 2.26. The molecule has 2 saturated carbocycles. The van der Waals surface area contributed by atoms with Gasteiger partial charge in [-0.05, 0) is 62.5 Å². The molecule has 0 N–H and O–H groups in total. The van der Waals surface area contributed by atoms with Gasteiger partial charge >= 0.3 is 24.1 Å². The van der Waals surface area contributed by atoms with Gasteiger partial charge in [-0.15, -0.1) is 0 Å². The second kappa shape index (κ2) is 18.0. The first-order valence-electron chi connectivity index (χ1n) is 16.3. The van der Waals surface area contributed by atoms with Crippen molar-refractivity contribution in [3.8, 4) is 0 Å². The Morgan fingerprint density at radius 1 is 0.609 bits per heavy atom. The highest BCUT2D eigenvalue weighted by molar-refractivity contribution is 5.91. The van der Waals surface area contributed by atoms with E-state index in [0.29, 0.717) is 0 Å². The molecular weight excluding hydrogens is 588 g/mol. The monoisotopic (exact) mass is 634 g/mol. The molecule has 0 unspecified atom stereocenters. The highest BCUT2D eigenvalue weighted by atomic mass is 16.6. The molecule has 2 aromatic rings. The van der Waals surface area contributed by atoms with E-state index in [1.807, 2.05) is 60.7 Å². The first-order chi connectivity index (χ1) is 22.3. The summed E-state index contributed by atoms with van der Waals surface area (Å²) in [6.45, 7) is -0.273. The lowest BCUT2D eigenvalue weighted by molar-refractivity contribution is -0.142. The molecule has 0 aromatic heterocycles. The van der Waals surface area contributed by atoms with Gasteiger partial charge < -0.3 is 28.7 Å². The molecule has 0 bridgehead atoms. The van der Waals surface area contributed by atoms with Gasteiger partial charge in [0.15, 0.2) is 0 Å². The van der Waals surface area contributed by atoms with Crippen LogP contribution in [0.1, 0.15) is 87.4 Å². The molecule has 2 aliphatic rings. The van der Waals surface area contributed by atoms with Gasteiger partial charge in [0.05, 0.1) is 12.1 Å². The van der Waals surface area contributed by atoms with Crippen molar-refractivity contribution in [3.63, 3.8) is 0 Å². The van der Waals surface area contributed by atoms with E-state index in [-0.39, 0.29) is 25.4 Å². The maximum atomic E-state index is 13.0. The van der Waals surface area contributed by atoms with E-state index >= 15 is 0 Å². The largest absolute Gasteiger partial charge is 0.460 e.